The largest absolute Gasteiger partial charge is 0.378 e. The highest BCUT2D eigenvalue weighted by molar-refractivity contribution is 5.97. The van der Waals surface area contributed by atoms with Gasteiger partial charge in [0, 0.05) is 37.8 Å². The Balaban J connectivity index is 1.97. The van der Waals surface area contributed by atoms with Crippen molar-refractivity contribution in [1.29, 1.82) is 0 Å². The second-order valence-electron chi connectivity index (χ2n) is 8.12. The number of hydrogen-bond donors (Lipinski definition) is 1. The van der Waals surface area contributed by atoms with Gasteiger partial charge in [-0.3, -0.25) is 18.5 Å². The number of pyridine rings is 2. The fourth-order valence-corrected chi connectivity index (χ4v) is 3.93. The molecule has 4 rings (SSSR count). The van der Waals surface area contributed by atoms with Crippen LogP contribution >= 0.6 is 0 Å². The van der Waals surface area contributed by atoms with Crippen molar-refractivity contribution in [2.45, 2.75) is 18.9 Å². The average Bonchev–Trinajstić information content (AvgIpc) is 2.84. The highest BCUT2D eigenvalue weighted by Gasteiger charge is 2.28. The summed E-state index contributed by atoms with van der Waals surface area (Å²) in [6.45, 7) is -0.318. The van der Waals surface area contributed by atoms with Crippen molar-refractivity contribution in [2.75, 3.05) is 37.9 Å². The zero-order valence-corrected chi connectivity index (χ0v) is 18.9. The number of amides is 1. The van der Waals surface area contributed by atoms with E-state index in [0.717, 1.165) is 0 Å². The Hall–Kier alpha value is -3.68. The van der Waals surface area contributed by atoms with E-state index < -0.39 is 82.5 Å². The summed E-state index contributed by atoms with van der Waals surface area (Å²) in [6, 6.07) is -0.599. The van der Waals surface area contributed by atoms with Crippen LogP contribution in [0.4, 0.5) is 36.6 Å². The van der Waals surface area contributed by atoms with Crippen LogP contribution < -0.4 is 15.6 Å². The van der Waals surface area contributed by atoms with Gasteiger partial charge < -0.3 is 15.0 Å². The van der Waals surface area contributed by atoms with Gasteiger partial charge in [-0.1, -0.05) is 0 Å². The minimum absolute atomic E-state index is 0.211. The minimum Gasteiger partial charge on any atom is -0.378 e. The van der Waals surface area contributed by atoms with E-state index in [9.17, 15) is 35.9 Å². The van der Waals surface area contributed by atoms with E-state index in [1.807, 2.05) is 5.32 Å². The molecule has 3 aromatic rings. The molecule has 2 aromatic heterocycles. The van der Waals surface area contributed by atoms with Gasteiger partial charge in [-0.05, 0) is 6.07 Å². The molecule has 0 unspecified atom stereocenters. The maximum atomic E-state index is 15.0. The van der Waals surface area contributed by atoms with Crippen molar-refractivity contribution in [2.24, 2.45) is 0 Å². The van der Waals surface area contributed by atoms with Crippen LogP contribution in [0.15, 0.2) is 29.2 Å². The zero-order valence-electron chi connectivity index (χ0n) is 18.9. The van der Waals surface area contributed by atoms with Gasteiger partial charge in [-0.2, -0.15) is 0 Å². The molecule has 1 N–H and O–H groups in total. The predicted octanol–water partition coefficient (Wildman–Crippen LogP) is 3.50. The number of nitrogens with one attached hydrogen (secondary N) is 1. The molecule has 1 aromatic carbocycles. The molecule has 1 amide bonds. The molecule has 0 aliphatic carbocycles. The van der Waals surface area contributed by atoms with E-state index >= 15 is 4.39 Å². The molecule has 37 heavy (non-hydrogen) atoms. The molecule has 0 bridgehead atoms. The molecule has 198 valence electrons. The lowest BCUT2D eigenvalue weighted by Gasteiger charge is -2.28. The number of rotatable bonds is 7. The first-order chi connectivity index (χ1) is 17.6. The number of aromatic nitrogens is 2. The highest BCUT2D eigenvalue weighted by Crippen LogP contribution is 2.27. The molecule has 1 fully saturated rings. The van der Waals surface area contributed by atoms with Crippen molar-refractivity contribution in [3.8, 4) is 5.69 Å². The highest BCUT2D eigenvalue weighted by atomic mass is 19.3. The molecule has 7 nitrogen and oxygen atoms in total. The fourth-order valence-electron chi connectivity index (χ4n) is 3.93. The number of alkyl halides is 3. The van der Waals surface area contributed by atoms with Gasteiger partial charge in [-0.25, -0.2) is 31.3 Å². The van der Waals surface area contributed by atoms with E-state index in [1.54, 1.807) is 0 Å². The van der Waals surface area contributed by atoms with Gasteiger partial charge in [-0.15, -0.1) is 0 Å². The SMILES string of the molecule is O=C(N[C@@H](CCF)C(F)F)c1cn(-c2c(F)cc(F)cc2F)c2nc(N3CCOCC3)c(F)cc2c1=O. The van der Waals surface area contributed by atoms with Crippen molar-refractivity contribution in [3.05, 3.63) is 63.5 Å². The van der Waals surface area contributed by atoms with Crippen LogP contribution in [0.1, 0.15) is 16.8 Å². The minimum atomic E-state index is -3.19. The summed E-state index contributed by atoms with van der Waals surface area (Å²) in [5.41, 5.74) is -3.52. The summed E-state index contributed by atoms with van der Waals surface area (Å²) in [7, 11) is 0. The molecule has 0 saturated carbocycles. The topological polar surface area (TPSA) is 76.5 Å². The number of ether oxygens (including phenoxy) is 1. The number of nitrogens with zero attached hydrogens (tertiary/aromatic N) is 3. The van der Waals surface area contributed by atoms with Crippen LogP contribution in [0.2, 0.25) is 0 Å². The first-order valence-electron chi connectivity index (χ1n) is 11.0. The van der Waals surface area contributed by atoms with Crippen LogP contribution in [-0.4, -0.2) is 60.9 Å². The number of halogens is 7. The van der Waals surface area contributed by atoms with Crippen molar-refractivity contribution in [1.82, 2.24) is 14.9 Å². The molecule has 1 atom stereocenters. The summed E-state index contributed by atoms with van der Waals surface area (Å²) in [6.07, 6.45) is -3.33. The maximum Gasteiger partial charge on any atom is 0.258 e. The normalized spacial score (nSPS) is 14.9. The maximum absolute atomic E-state index is 15.0. The standard InChI is InChI=1S/C23H19F7N4O3/c24-2-1-17(20(29)30)31-23(36)13-10-34(18-14(26)7-11(25)8-15(18)27)21-12(19(13)35)9-16(28)22(32-21)33-3-5-37-6-4-33/h7-10,17,20H,1-6H2,(H,31,36)/t17-/m0/s1. The number of anilines is 1. The Bertz CT molecular complexity index is 1370. The first kappa shape index (κ1) is 26.4. The monoisotopic (exact) mass is 532 g/mol. The van der Waals surface area contributed by atoms with Crippen molar-refractivity contribution in [3.63, 3.8) is 0 Å². The summed E-state index contributed by atoms with van der Waals surface area (Å²) in [5.74, 6) is -6.85. The lowest BCUT2D eigenvalue weighted by Crippen LogP contribution is -2.42. The third kappa shape index (κ3) is 5.24. The Morgan fingerprint density at radius 1 is 1.05 bits per heavy atom. The average molecular weight is 532 g/mol. The molecule has 3 heterocycles. The Morgan fingerprint density at radius 3 is 2.30 bits per heavy atom. The first-order valence-corrected chi connectivity index (χ1v) is 11.0. The number of benzene rings is 1. The third-order valence-corrected chi connectivity index (χ3v) is 5.73. The molecular weight excluding hydrogens is 513 g/mol. The molecule has 0 spiro atoms. The van der Waals surface area contributed by atoms with Gasteiger partial charge >= 0.3 is 0 Å². The van der Waals surface area contributed by atoms with E-state index in [1.165, 1.54) is 4.90 Å². The van der Waals surface area contributed by atoms with Gasteiger partial charge in [0.2, 0.25) is 5.43 Å². The molecule has 1 aliphatic rings. The number of carbonyl (C=O) groups is 1. The van der Waals surface area contributed by atoms with Gasteiger partial charge in [0.1, 0.15) is 17.1 Å². The lowest BCUT2D eigenvalue weighted by molar-refractivity contribution is 0.0708. The van der Waals surface area contributed by atoms with Crippen molar-refractivity contribution >= 4 is 22.8 Å². The number of morpholine rings is 1. The van der Waals surface area contributed by atoms with E-state index in [0.29, 0.717) is 29.0 Å². The quantitative estimate of drug-likeness (QED) is 0.472. The molecule has 14 heteroatoms. The summed E-state index contributed by atoms with van der Waals surface area (Å²) in [5, 5.41) is 1.20. The lowest BCUT2D eigenvalue weighted by atomic mass is 10.1. The van der Waals surface area contributed by atoms with Crippen LogP contribution in [0.5, 0.6) is 0 Å². The Labute approximate surface area is 204 Å². The van der Waals surface area contributed by atoms with Crippen LogP contribution in [0.25, 0.3) is 16.7 Å². The predicted molar refractivity (Wildman–Crippen MR) is 118 cm³/mol. The molecule has 1 aliphatic heterocycles. The summed E-state index contributed by atoms with van der Waals surface area (Å²) >= 11 is 0. The van der Waals surface area contributed by atoms with Gasteiger partial charge in [0.05, 0.1) is 31.3 Å². The van der Waals surface area contributed by atoms with Crippen LogP contribution in [0, 0.1) is 23.3 Å². The van der Waals surface area contributed by atoms with Crippen molar-refractivity contribution < 1.29 is 40.3 Å². The molecule has 0 radical (unpaired) electrons. The second kappa shape index (κ2) is 10.7. The summed E-state index contributed by atoms with van der Waals surface area (Å²) < 4.78 is 103. The third-order valence-electron chi connectivity index (χ3n) is 5.73. The fraction of sp³-hybridized carbons (Fsp3) is 0.348. The zero-order chi connectivity index (χ0) is 26.9. The smallest absolute Gasteiger partial charge is 0.258 e. The van der Waals surface area contributed by atoms with Crippen LogP contribution in [-0.2, 0) is 4.74 Å². The number of fused-ring (bicyclic) bond motifs is 1. The number of hydrogen-bond acceptors (Lipinski definition) is 5. The molecule has 1 saturated heterocycles. The van der Waals surface area contributed by atoms with E-state index in [2.05, 4.69) is 4.98 Å². The van der Waals surface area contributed by atoms with Gasteiger partial charge in [0.15, 0.2) is 28.9 Å². The van der Waals surface area contributed by atoms with Crippen LogP contribution in [0.3, 0.4) is 0 Å². The van der Waals surface area contributed by atoms with E-state index in [4.69, 9.17) is 4.74 Å². The Morgan fingerprint density at radius 2 is 1.70 bits per heavy atom. The van der Waals surface area contributed by atoms with Gasteiger partial charge in [0.25, 0.3) is 12.3 Å². The number of carbonyl (C=O) groups excluding carboxylic acids is 1. The summed E-state index contributed by atoms with van der Waals surface area (Å²) in [4.78, 5) is 31.4. The molecular formula is C23H19F7N4O3. The second-order valence-corrected chi connectivity index (χ2v) is 8.12. The Kier molecular flexibility index (Phi) is 7.66. The van der Waals surface area contributed by atoms with E-state index in [-0.39, 0.29) is 32.1 Å².